The minimum Gasteiger partial charge on any atom is -0.497 e. The van der Waals surface area contributed by atoms with Gasteiger partial charge in [-0.15, -0.1) is 0 Å². The Morgan fingerprint density at radius 2 is 2.04 bits per heavy atom. The van der Waals surface area contributed by atoms with Gasteiger partial charge in [0.15, 0.2) is 5.82 Å². The van der Waals surface area contributed by atoms with Crippen LogP contribution in [0.1, 0.15) is 6.42 Å². The van der Waals surface area contributed by atoms with Crippen molar-refractivity contribution in [3.63, 3.8) is 0 Å². The number of methoxy groups -OCH3 is 2. The highest BCUT2D eigenvalue weighted by atomic mass is 16.5. The molecule has 0 saturated carbocycles. The lowest BCUT2D eigenvalue weighted by atomic mass is 10.1. The summed E-state index contributed by atoms with van der Waals surface area (Å²) in [6.07, 6.45) is 0.124. The molecule has 1 fully saturated rings. The first kappa shape index (κ1) is 17.8. The van der Waals surface area contributed by atoms with Gasteiger partial charge in [0.2, 0.25) is 11.8 Å². The second-order valence-electron chi connectivity index (χ2n) is 6.55. The number of para-hydroxylation sites is 1. The SMILES string of the molecule is COc1ccc(OC)c(NC(=O)[C@@H]2CC(=O)N(c3n[nH]c4ccccc34)C2)c1. The molecule has 1 atom stereocenters. The Balaban J connectivity index is 1.53. The standard InChI is InChI=1S/C20H20N4O4/c1-27-13-7-8-17(28-2)16(10-13)21-20(26)12-9-18(25)24(11-12)19-14-5-3-4-6-15(14)22-23-19/h3-8,10,12H,9,11H2,1-2H3,(H,21,26)(H,22,23)/t12-/m1/s1. The normalized spacial score (nSPS) is 16.4. The number of nitrogens with zero attached hydrogens (tertiary/aromatic N) is 2. The number of hydrogen-bond acceptors (Lipinski definition) is 5. The van der Waals surface area contributed by atoms with Gasteiger partial charge in [-0.25, -0.2) is 0 Å². The molecule has 8 nitrogen and oxygen atoms in total. The molecule has 0 radical (unpaired) electrons. The van der Waals surface area contributed by atoms with Crippen molar-refractivity contribution in [2.24, 2.45) is 5.92 Å². The predicted octanol–water partition coefficient (Wildman–Crippen LogP) is 2.57. The zero-order valence-electron chi connectivity index (χ0n) is 15.6. The van der Waals surface area contributed by atoms with Crippen molar-refractivity contribution in [3.8, 4) is 11.5 Å². The lowest BCUT2D eigenvalue weighted by Gasteiger charge is -2.15. The number of hydrogen-bond donors (Lipinski definition) is 2. The quantitative estimate of drug-likeness (QED) is 0.709. The molecule has 1 saturated heterocycles. The Bertz CT molecular complexity index is 1050. The van der Waals surface area contributed by atoms with Crippen LogP contribution in [-0.2, 0) is 9.59 Å². The molecule has 0 bridgehead atoms. The van der Waals surface area contributed by atoms with Crippen LogP contribution in [0.15, 0.2) is 42.5 Å². The first-order valence-corrected chi connectivity index (χ1v) is 8.87. The Morgan fingerprint density at radius 3 is 2.82 bits per heavy atom. The number of H-pyrrole nitrogens is 1. The second kappa shape index (κ2) is 7.22. The van der Waals surface area contributed by atoms with E-state index >= 15 is 0 Å². The van der Waals surface area contributed by atoms with Gasteiger partial charge in [0, 0.05) is 24.4 Å². The van der Waals surface area contributed by atoms with Gasteiger partial charge in [-0.3, -0.25) is 19.6 Å². The van der Waals surface area contributed by atoms with Crippen molar-refractivity contribution in [1.82, 2.24) is 10.2 Å². The summed E-state index contributed by atoms with van der Waals surface area (Å²) in [5, 5.41) is 10.9. The lowest BCUT2D eigenvalue weighted by molar-refractivity contribution is -0.122. The van der Waals surface area contributed by atoms with E-state index < -0.39 is 5.92 Å². The van der Waals surface area contributed by atoms with Gasteiger partial charge >= 0.3 is 0 Å². The van der Waals surface area contributed by atoms with E-state index in [0.717, 1.165) is 10.9 Å². The van der Waals surface area contributed by atoms with E-state index in [1.54, 1.807) is 30.2 Å². The molecule has 2 aromatic carbocycles. The molecule has 2 heterocycles. The summed E-state index contributed by atoms with van der Waals surface area (Å²) in [7, 11) is 3.08. The molecule has 0 aliphatic carbocycles. The van der Waals surface area contributed by atoms with E-state index in [2.05, 4.69) is 15.5 Å². The number of ether oxygens (including phenoxy) is 2. The molecule has 2 N–H and O–H groups in total. The molecule has 8 heteroatoms. The van der Waals surface area contributed by atoms with Gasteiger partial charge in [0.1, 0.15) is 11.5 Å². The fourth-order valence-electron chi connectivity index (χ4n) is 3.39. The van der Waals surface area contributed by atoms with E-state index in [9.17, 15) is 9.59 Å². The fourth-order valence-corrected chi connectivity index (χ4v) is 3.39. The summed E-state index contributed by atoms with van der Waals surface area (Å²) in [5.74, 6) is 0.808. The summed E-state index contributed by atoms with van der Waals surface area (Å²) in [5.41, 5.74) is 1.35. The molecule has 1 aliphatic rings. The summed E-state index contributed by atoms with van der Waals surface area (Å²) in [6.45, 7) is 0.270. The van der Waals surface area contributed by atoms with Crippen molar-refractivity contribution in [2.45, 2.75) is 6.42 Å². The average Bonchev–Trinajstić information content (AvgIpc) is 3.31. The largest absolute Gasteiger partial charge is 0.497 e. The van der Waals surface area contributed by atoms with Crippen molar-refractivity contribution < 1.29 is 19.1 Å². The molecule has 1 aliphatic heterocycles. The molecule has 28 heavy (non-hydrogen) atoms. The van der Waals surface area contributed by atoms with Gasteiger partial charge in [0.25, 0.3) is 0 Å². The number of amides is 2. The third kappa shape index (κ3) is 3.13. The maximum atomic E-state index is 12.8. The van der Waals surface area contributed by atoms with E-state index in [1.165, 1.54) is 7.11 Å². The summed E-state index contributed by atoms with van der Waals surface area (Å²) >= 11 is 0. The maximum Gasteiger partial charge on any atom is 0.229 e. The highest BCUT2D eigenvalue weighted by Crippen LogP contribution is 2.32. The molecule has 4 rings (SSSR count). The van der Waals surface area contributed by atoms with Gasteiger partial charge in [0.05, 0.1) is 31.3 Å². The van der Waals surface area contributed by atoms with Crippen molar-refractivity contribution in [2.75, 3.05) is 31.0 Å². The van der Waals surface area contributed by atoms with Crippen LogP contribution < -0.4 is 19.7 Å². The number of nitrogens with one attached hydrogen (secondary N) is 2. The first-order chi connectivity index (χ1) is 13.6. The maximum absolute atomic E-state index is 12.8. The summed E-state index contributed by atoms with van der Waals surface area (Å²) in [6, 6.07) is 12.7. The second-order valence-corrected chi connectivity index (χ2v) is 6.55. The number of fused-ring (bicyclic) bond motifs is 1. The number of benzene rings is 2. The van der Waals surface area contributed by atoms with Crippen LogP contribution in [0.5, 0.6) is 11.5 Å². The van der Waals surface area contributed by atoms with Crippen LogP contribution in [0.4, 0.5) is 11.5 Å². The van der Waals surface area contributed by atoms with Crippen LogP contribution >= 0.6 is 0 Å². The summed E-state index contributed by atoms with van der Waals surface area (Å²) < 4.78 is 10.5. The number of aromatic nitrogens is 2. The van der Waals surface area contributed by atoms with Crippen LogP contribution in [-0.4, -0.2) is 42.8 Å². The van der Waals surface area contributed by atoms with E-state index in [-0.39, 0.29) is 24.8 Å². The van der Waals surface area contributed by atoms with Gasteiger partial charge < -0.3 is 14.8 Å². The molecular weight excluding hydrogens is 360 g/mol. The number of anilines is 2. The van der Waals surface area contributed by atoms with Crippen LogP contribution in [0, 0.1) is 5.92 Å². The number of aromatic amines is 1. The lowest BCUT2D eigenvalue weighted by Crippen LogP contribution is -2.28. The predicted molar refractivity (Wildman–Crippen MR) is 105 cm³/mol. The average molecular weight is 380 g/mol. The Morgan fingerprint density at radius 1 is 1.21 bits per heavy atom. The summed E-state index contributed by atoms with van der Waals surface area (Å²) in [4.78, 5) is 26.9. The minimum atomic E-state index is -0.487. The van der Waals surface area contributed by atoms with Crippen LogP contribution in [0.2, 0.25) is 0 Å². The zero-order chi connectivity index (χ0) is 19.7. The van der Waals surface area contributed by atoms with Gasteiger partial charge in [-0.05, 0) is 24.3 Å². The molecule has 0 spiro atoms. The number of rotatable bonds is 5. The van der Waals surface area contributed by atoms with Crippen molar-refractivity contribution in [1.29, 1.82) is 0 Å². The third-order valence-electron chi connectivity index (χ3n) is 4.87. The smallest absolute Gasteiger partial charge is 0.229 e. The minimum absolute atomic E-state index is 0.124. The van der Waals surface area contributed by atoms with Crippen LogP contribution in [0.25, 0.3) is 10.9 Å². The van der Waals surface area contributed by atoms with Gasteiger partial charge in [-0.1, -0.05) is 12.1 Å². The molecule has 0 unspecified atom stereocenters. The van der Waals surface area contributed by atoms with Crippen molar-refractivity contribution in [3.05, 3.63) is 42.5 Å². The zero-order valence-corrected chi connectivity index (χ0v) is 15.6. The molecule has 144 valence electrons. The Labute approximate surface area is 161 Å². The van der Waals surface area contributed by atoms with Crippen LogP contribution in [0.3, 0.4) is 0 Å². The Hall–Kier alpha value is -3.55. The first-order valence-electron chi connectivity index (χ1n) is 8.87. The highest BCUT2D eigenvalue weighted by Gasteiger charge is 2.37. The number of carbonyl (C=O) groups is 2. The Kier molecular flexibility index (Phi) is 4.60. The van der Waals surface area contributed by atoms with E-state index in [4.69, 9.17) is 9.47 Å². The molecule has 3 aromatic rings. The molecule has 1 aromatic heterocycles. The molecular formula is C20H20N4O4. The van der Waals surface area contributed by atoms with Gasteiger partial charge in [-0.2, -0.15) is 5.10 Å². The monoisotopic (exact) mass is 380 g/mol. The van der Waals surface area contributed by atoms with Crippen molar-refractivity contribution >= 4 is 34.2 Å². The van der Waals surface area contributed by atoms with E-state index in [1.807, 2.05) is 24.3 Å². The number of carbonyl (C=O) groups excluding carboxylic acids is 2. The van der Waals surface area contributed by atoms with E-state index in [0.29, 0.717) is 23.0 Å². The molecule has 2 amide bonds. The fraction of sp³-hybridized carbons (Fsp3) is 0.250. The topological polar surface area (TPSA) is 96.5 Å². The third-order valence-corrected chi connectivity index (χ3v) is 4.87. The highest BCUT2D eigenvalue weighted by molar-refractivity contribution is 6.07.